The molecule has 6 heteroatoms. The number of morpholine rings is 1. The van der Waals surface area contributed by atoms with E-state index in [-0.39, 0.29) is 18.0 Å². The van der Waals surface area contributed by atoms with Gasteiger partial charge in [-0.05, 0) is 46.3 Å². The monoisotopic (exact) mass is 306 g/mol. The summed E-state index contributed by atoms with van der Waals surface area (Å²) in [6.45, 7) is 7.13. The zero-order chi connectivity index (χ0) is 15.7. The van der Waals surface area contributed by atoms with E-state index in [2.05, 4.69) is 30.9 Å². The summed E-state index contributed by atoms with van der Waals surface area (Å²) in [5.74, 6) is 0.0352. The topological polar surface area (TPSA) is 50.6 Å². The predicted octanol–water partition coefficient (Wildman–Crippen LogP) is 1.40. The molecule has 2 atom stereocenters. The molecule has 0 radical (unpaired) electrons. The molecule has 2 aliphatic rings. The van der Waals surface area contributed by atoms with Crippen molar-refractivity contribution in [2.75, 3.05) is 33.4 Å². The van der Waals surface area contributed by atoms with E-state index >= 15 is 0 Å². The third-order valence-electron chi connectivity index (χ3n) is 4.80. The Morgan fingerprint density at radius 1 is 1.36 bits per heavy atom. The lowest BCUT2D eigenvalue weighted by atomic mass is 10.0. The van der Waals surface area contributed by atoms with Gasteiger partial charge in [-0.25, -0.2) is 0 Å². The van der Waals surface area contributed by atoms with Crippen molar-refractivity contribution < 1.29 is 9.53 Å². The standard InChI is InChI=1S/C16H26N4O2/c1-12(2)20-8-6-13(17-20)16(21)19-9-10-22-11-15(19)14-5-4-7-18(14)3/h6,8,12,14-15H,4-5,7,9-11H2,1-3H3/t14-,15+/m0/s1. The van der Waals surface area contributed by atoms with Crippen molar-refractivity contribution in [3.8, 4) is 0 Å². The Morgan fingerprint density at radius 2 is 2.18 bits per heavy atom. The van der Waals surface area contributed by atoms with Crippen LogP contribution in [0.15, 0.2) is 12.3 Å². The zero-order valence-corrected chi connectivity index (χ0v) is 13.7. The second-order valence-corrected chi connectivity index (χ2v) is 6.61. The SMILES string of the molecule is CC(C)n1ccc(C(=O)N2CCOC[C@@H]2[C@@H]2CCCN2C)n1. The van der Waals surface area contributed by atoms with Crippen molar-refractivity contribution in [3.63, 3.8) is 0 Å². The maximum atomic E-state index is 12.9. The molecule has 122 valence electrons. The van der Waals surface area contributed by atoms with Crippen LogP contribution in [0.5, 0.6) is 0 Å². The number of carbonyl (C=O) groups is 1. The van der Waals surface area contributed by atoms with Gasteiger partial charge in [0.1, 0.15) is 5.69 Å². The lowest BCUT2D eigenvalue weighted by Crippen LogP contribution is -2.56. The maximum Gasteiger partial charge on any atom is 0.274 e. The minimum Gasteiger partial charge on any atom is -0.377 e. The van der Waals surface area contributed by atoms with Crippen molar-refractivity contribution >= 4 is 5.91 Å². The highest BCUT2D eigenvalue weighted by atomic mass is 16.5. The van der Waals surface area contributed by atoms with Crippen LogP contribution in [0.4, 0.5) is 0 Å². The Balaban J connectivity index is 1.78. The van der Waals surface area contributed by atoms with Crippen LogP contribution >= 0.6 is 0 Å². The first-order chi connectivity index (χ1) is 10.6. The summed E-state index contributed by atoms with van der Waals surface area (Å²) in [4.78, 5) is 17.2. The van der Waals surface area contributed by atoms with Gasteiger partial charge in [-0.2, -0.15) is 5.10 Å². The highest BCUT2D eigenvalue weighted by molar-refractivity contribution is 5.92. The molecule has 3 heterocycles. The maximum absolute atomic E-state index is 12.9. The number of nitrogens with zero attached hydrogens (tertiary/aromatic N) is 4. The summed E-state index contributed by atoms with van der Waals surface area (Å²) in [7, 11) is 2.14. The van der Waals surface area contributed by atoms with Gasteiger partial charge in [-0.3, -0.25) is 9.48 Å². The Kier molecular flexibility index (Phi) is 4.49. The molecule has 0 saturated carbocycles. The van der Waals surface area contributed by atoms with Crippen LogP contribution in [0, 0.1) is 0 Å². The molecular weight excluding hydrogens is 280 g/mol. The van der Waals surface area contributed by atoms with Gasteiger partial charge >= 0.3 is 0 Å². The molecule has 0 bridgehead atoms. The van der Waals surface area contributed by atoms with Crippen molar-refractivity contribution in [2.45, 2.75) is 44.8 Å². The lowest BCUT2D eigenvalue weighted by molar-refractivity contribution is -0.0235. The third kappa shape index (κ3) is 2.90. The summed E-state index contributed by atoms with van der Waals surface area (Å²) in [6.07, 6.45) is 4.21. The van der Waals surface area contributed by atoms with E-state index in [0.717, 1.165) is 13.0 Å². The molecule has 22 heavy (non-hydrogen) atoms. The number of carbonyl (C=O) groups excluding carboxylic acids is 1. The minimum absolute atomic E-state index is 0.0352. The number of amides is 1. The van der Waals surface area contributed by atoms with Gasteiger partial charge in [-0.1, -0.05) is 0 Å². The quantitative estimate of drug-likeness (QED) is 0.847. The lowest BCUT2D eigenvalue weighted by Gasteiger charge is -2.40. The Morgan fingerprint density at radius 3 is 2.82 bits per heavy atom. The van der Waals surface area contributed by atoms with Gasteiger partial charge in [0.25, 0.3) is 5.91 Å². The average Bonchev–Trinajstić information content (AvgIpc) is 3.15. The van der Waals surface area contributed by atoms with Crippen LogP contribution in [-0.4, -0.2) is 70.9 Å². The normalized spacial score (nSPS) is 26.8. The fourth-order valence-electron chi connectivity index (χ4n) is 3.50. The first-order valence-corrected chi connectivity index (χ1v) is 8.22. The number of hydrogen-bond donors (Lipinski definition) is 0. The van der Waals surface area contributed by atoms with Gasteiger partial charge < -0.3 is 14.5 Å². The second kappa shape index (κ2) is 6.38. The Bertz CT molecular complexity index is 528. The van der Waals surface area contributed by atoms with E-state index in [9.17, 15) is 4.79 Å². The van der Waals surface area contributed by atoms with Gasteiger partial charge in [-0.15, -0.1) is 0 Å². The number of ether oxygens (including phenoxy) is 1. The molecule has 0 aliphatic carbocycles. The van der Waals surface area contributed by atoms with Crippen molar-refractivity contribution in [3.05, 3.63) is 18.0 Å². The first kappa shape index (κ1) is 15.5. The number of aromatic nitrogens is 2. The molecule has 0 spiro atoms. The molecule has 1 aromatic heterocycles. The highest BCUT2D eigenvalue weighted by Gasteiger charge is 2.38. The van der Waals surface area contributed by atoms with E-state index in [1.165, 1.54) is 6.42 Å². The molecule has 0 unspecified atom stereocenters. The van der Waals surface area contributed by atoms with Crippen LogP contribution in [0.2, 0.25) is 0 Å². The number of rotatable bonds is 3. The molecule has 6 nitrogen and oxygen atoms in total. The largest absolute Gasteiger partial charge is 0.377 e. The van der Waals surface area contributed by atoms with Crippen molar-refractivity contribution in [1.82, 2.24) is 19.6 Å². The van der Waals surface area contributed by atoms with Gasteiger partial charge in [0.2, 0.25) is 0 Å². The summed E-state index contributed by atoms with van der Waals surface area (Å²) >= 11 is 0. The Labute approximate surface area is 132 Å². The summed E-state index contributed by atoms with van der Waals surface area (Å²) in [5.41, 5.74) is 0.543. The Hall–Kier alpha value is -1.40. The van der Waals surface area contributed by atoms with E-state index in [1.54, 1.807) is 0 Å². The summed E-state index contributed by atoms with van der Waals surface area (Å²) in [6, 6.07) is 2.63. The van der Waals surface area contributed by atoms with Crippen molar-refractivity contribution in [1.29, 1.82) is 0 Å². The zero-order valence-electron chi connectivity index (χ0n) is 13.7. The number of likely N-dealkylation sites (tertiary alicyclic amines) is 1. The average molecular weight is 306 g/mol. The van der Waals surface area contributed by atoms with Gasteiger partial charge in [0.05, 0.1) is 19.3 Å². The smallest absolute Gasteiger partial charge is 0.274 e. The molecule has 3 rings (SSSR count). The highest BCUT2D eigenvalue weighted by Crippen LogP contribution is 2.25. The summed E-state index contributed by atoms with van der Waals surface area (Å²) < 4.78 is 7.49. The van der Waals surface area contributed by atoms with Crippen LogP contribution in [0.1, 0.15) is 43.2 Å². The van der Waals surface area contributed by atoms with Crippen molar-refractivity contribution in [2.24, 2.45) is 0 Å². The van der Waals surface area contributed by atoms with E-state index < -0.39 is 0 Å². The van der Waals surface area contributed by atoms with Crippen LogP contribution < -0.4 is 0 Å². The van der Waals surface area contributed by atoms with Crippen LogP contribution in [0.3, 0.4) is 0 Å². The van der Waals surface area contributed by atoms with Gasteiger partial charge in [0.15, 0.2) is 0 Å². The van der Waals surface area contributed by atoms with E-state index in [4.69, 9.17) is 4.74 Å². The van der Waals surface area contributed by atoms with E-state index in [0.29, 0.717) is 31.5 Å². The molecule has 2 aliphatic heterocycles. The van der Waals surface area contributed by atoms with Crippen LogP contribution in [-0.2, 0) is 4.74 Å². The number of likely N-dealkylation sites (N-methyl/N-ethyl adjacent to an activating group) is 1. The van der Waals surface area contributed by atoms with Gasteiger partial charge in [0, 0.05) is 24.8 Å². The summed E-state index contributed by atoms with van der Waals surface area (Å²) in [5, 5.41) is 4.44. The van der Waals surface area contributed by atoms with E-state index in [1.807, 2.05) is 21.8 Å². The molecule has 2 fully saturated rings. The number of hydrogen-bond acceptors (Lipinski definition) is 4. The first-order valence-electron chi connectivity index (χ1n) is 8.22. The fourth-order valence-corrected chi connectivity index (χ4v) is 3.50. The molecule has 0 N–H and O–H groups in total. The molecule has 1 amide bonds. The van der Waals surface area contributed by atoms with Crippen LogP contribution in [0.25, 0.3) is 0 Å². The fraction of sp³-hybridized carbons (Fsp3) is 0.750. The second-order valence-electron chi connectivity index (χ2n) is 6.61. The molecule has 2 saturated heterocycles. The molecule has 1 aromatic rings. The third-order valence-corrected chi connectivity index (χ3v) is 4.80. The predicted molar refractivity (Wildman–Crippen MR) is 83.9 cm³/mol. The molecule has 0 aromatic carbocycles. The molecular formula is C16H26N4O2. The minimum atomic E-state index is 0.0352.